The average Bonchev–Trinajstić information content (AvgIpc) is 3.34. The summed E-state index contributed by atoms with van der Waals surface area (Å²) < 4.78 is 7.15. The molecule has 0 saturated carbocycles. The van der Waals surface area contributed by atoms with Crippen molar-refractivity contribution >= 4 is 23.5 Å². The fourth-order valence-corrected chi connectivity index (χ4v) is 3.14. The van der Waals surface area contributed by atoms with Gasteiger partial charge in [-0.3, -0.25) is 19.6 Å². The lowest BCUT2D eigenvalue weighted by Crippen LogP contribution is -2.28. The third-order valence-electron chi connectivity index (χ3n) is 4.44. The van der Waals surface area contributed by atoms with Crippen molar-refractivity contribution in [3.63, 3.8) is 0 Å². The van der Waals surface area contributed by atoms with Crippen molar-refractivity contribution in [2.45, 2.75) is 13.3 Å². The predicted octanol–water partition coefficient (Wildman–Crippen LogP) is 1.77. The summed E-state index contributed by atoms with van der Waals surface area (Å²) in [4.78, 5) is 26.4. The van der Waals surface area contributed by atoms with Gasteiger partial charge in [-0.05, 0) is 25.1 Å². The standard InChI is InChI=1S/C18H18N6O3/c1-11-8-14(23(2)22-11)17-20-21-18(27-17)19-16(26)12-9-15(25)24(10-12)13-6-4-3-5-7-13/h3-8,12H,9-10H2,1-2H3,(H,19,21,26). The van der Waals surface area contributed by atoms with Crippen LogP contribution in [0.25, 0.3) is 11.6 Å². The third-order valence-corrected chi connectivity index (χ3v) is 4.44. The predicted molar refractivity (Wildman–Crippen MR) is 96.8 cm³/mol. The molecule has 4 rings (SSSR count). The molecule has 9 nitrogen and oxygen atoms in total. The van der Waals surface area contributed by atoms with E-state index in [0.29, 0.717) is 12.2 Å². The summed E-state index contributed by atoms with van der Waals surface area (Å²) in [5.41, 5.74) is 2.26. The highest BCUT2D eigenvalue weighted by Gasteiger charge is 2.35. The molecule has 0 radical (unpaired) electrons. The molecule has 3 aromatic rings. The first-order chi connectivity index (χ1) is 13.0. The second-order valence-electron chi connectivity index (χ2n) is 6.44. The van der Waals surface area contributed by atoms with Crippen LogP contribution in [0.4, 0.5) is 11.7 Å². The van der Waals surface area contributed by atoms with Gasteiger partial charge in [0.15, 0.2) is 0 Å². The van der Waals surface area contributed by atoms with Gasteiger partial charge in [-0.15, -0.1) is 5.10 Å². The zero-order chi connectivity index (χ0) is 19.0. The number of nitrogens with one attached hydrogen (secondary N) is 1. The first-order valence-electron chi connectivity index (χ1n) is 8.52. The molecule has 1 atom stereocenters. The Morgan fingerprint density at radius 3 is 2.74 bits per heavy atom. The first-order valence-corrected chi connectivity index (χ1v) is 8.52. The molecule has 1 fully saturated rings. The Balaban J connectivity index is 1.44. The summed E-state index contributed by atoms with van der Waals surface area (Å²) in [7, 11) is 1.77. The van der Waals surface area contributed by atoms with E-state index in [2.05, 4.69) is 20.6 Å². The number of carbonyl (C=O) groups is 2. The maximum atomic E-state index is 12.5. The van der Waals surface area contributed by atoms with E-state index in [1.54, 1.807) is 16.6 Å². The number of hydrogen-bond acceptors (Lipinski definition) is 6. The molecule has 1 aromatic carbocycles. The molecule has 138 valence electrons. The lowest BCUT2D eigenvalue weighted by molar-refractivity contribution is -0.122. The number of amides is 2. The third kappa shape index (κ3) is 3.31. The van der Waals surface area contributed by atoms with E-state index in [-0.39, 0.29) is 30.1 Å². The summed E-state index contributed by atoms with van der Waals surface area (Å²) in [6.07, 6.45) is 0.142. The second-order valence-corrected chi connectivity index (χ2v) is 6.44. The molecule has 2 aromatic heterocycles. The van der Waals surface area contributed by atoms with Gasteiger partial charge in [-0.1, -0.05) is 23.3 Å². The second kappa shape index (κ2) is 6.67. The number of aryl methyl sites for hydroxylation is 2. The van der Waals surface area contributed by atoms with Crippen LogP contribution in [0.15, 0.2) is 40.8 Å². The van der Waals surface area contributed by atoms with E-state index < -0.39 is 5.92 Å². The van der Waals surface area contributed by atoms with Crippen LogP contribution in [-0.4, -0.2) is 38.3 Å². The minimum Gasteiger partial charge on any atom is -0.401 e. The lowest BCUT2D eigenvalue weighted by Gasteiger charge is -2.16. The monoisotopic (exact) mass is 366 g/mol. The van der Waals surface area contributed by atoms with Crippen molar-refractivity contribution in [3.05, 3.63) is 42.1 Å². The van der Waals surface area contributed by atoms with E-state index in [4.69, 9.17) is 4.42 Å². The number of benzene rings is 1. The van der Waals surface area contributed by atoms with Crippen molar-refractivity contribution in [3.8, 4) is 11.6 Å². The molecular formula is C18H18N6O3. The Hall–Kier alpha value is -3.49. The van der Waals surface area contributed by atoms with Crippen molar-refractivity contribution in [2.24, 2.45) is 13.0 Å². The van der Waals surface area contributed by atoms with Crippen molar-refractivity contribution < 1.29 is 14.0 Å². The number of hydrogen-bond donors (Lipinski definition) is 1. The Labute approximate surface area is 155 Å². The quantitative estimate of drug-likeness (QED) is 0.754. The van der Waals surface area contributed by atoms with E-state index in [1.807, 2.05) is 43.3 Å². The number of nitrogens with zero attached hydrogens (tertiary/aromatic N) is 5. The van der Waals surface area contributed by atoms with Crippen molar-refractivity contribution in [2.75, 3.05) is 16.8 Å². The van der Waals surface area contributed by atoms with Gasteiger partial charge in [0, 0.05) is 25.7 Å². The minimum absolute atomic E-state index is 0.000497. The van der Waals surface area contributed by atoms with Crippen LogP contribution in [-0.2, 0) is 16.6 Å². The molecular weight excluding hydrogens is 348 g/mol. The van der Waals surface area contributed by atoms with Crippen LogP contribution >= 0.6 is 0 Å². The fraction of sp³-hybridized carbons (Fsp3) is 0.278. The molecule has 1 unspecified atom stereocenters. The molecule has 1 aliphatic heterocycles. The fourth-order valence-electron chi connectivity index (χ4n) is 3.14. The van der Waals surface area contributed by atoms with Crippen molar-refractivity contribution in [1.29, 1.82) is 0 Å². The summed E-state index contributed by atoms with van der Waals surface area (Å²) in [6.45, 7) is 2.18. The van der Waals surface area contributed by atoms with Crippen LogP contribution in [0.2, 0.25) is 0 Å². The molecule has 0 aliphatic carbocycles. The van der Waals surface area contributed by atoms with Gasteiger partial charge in [0.2, 0.25) is 11.8 Å². The van der Waals surface area contributed by atoms with E-state index in [9.17, 15) is 9.59 Å². The number of aromatic nitrogens is 4. The summed E-state index contributed by atoms with van der Waals surface area (Å²) in [6, 6.07) is 11.1. The Kier molecular flexibility index (Phi) is 4.19. The van der Waals surface area contributed by atoms with Crippen LogP contribution in [0.1, 0.15) is 12.1 Å². The Morgan fingerprint density at radius 2 is 2.04 bits per heavy atom. The van der Waals surface area contributed by atoms with Crippen LogP contribution < -0.4 is 10.2 Å². The lowest BCUT2D eigenvalue weighted by atomic mass is 10.1. The summed E-state index contributed by atoms with van der Waals surface area (Å²) in [5.74, 6) is -0.620. The molecule has 27 heavy (non-hydrogen) atoms. The van der Waals surface area contributed by atoms with E-state index in [0.717, 1.165) is 11.4 Å². The van der Waals surface area contributed by atoms with Gasteiger partial charge >= 0.3 is 6.01 Å². The number of anilines is 2. The molecule has 1 N–H and O–H groups in total. The van der Waals surface area contributed by atoms with E-state index >= 15 is 0 Å². The number of rotatable bonds is 4. The number of para-hydroxylation sites is 1. The normalized spacial score (nSPS) is 16.7. The summed E-state index contributed by atoms with van der Waals surface area (Å²) in [5, 5.41) is 14.6. The molecule has 9 heteroatoms. The maximum Gasteiger partial charge on any atom is 0.322 e. The van der Waals surface area contributed by atoms with Gasteiger partial charge in [0.05, 0.1) is 11.6 Å². The summed E-state index contributed by atoms with van der Waals surface area (Å²) >= 11 is 0. The smallest absolute Gasteiger partial charge is 0.322 e. The Bertz CT molecular complexity index is 994. The maximum absolute atomic E-state index is 12.5. The van der Waals surface area contributed by atoms with Crippen LogP contribution in [0.5, 0.6) is 0 Å². The Morgan fingerprint density at radius 1 is 1.26 bits per heavy atom. The largest absolute Gasteiger partial charge is 0.401 e. The topological polar surface area (TPSA) is 106 Å². The highest BCUT2D eigenvalue weighted by molar-refractivity contribution is 6.02. The van der Waals surface area contributed by atoms with Gasteiger partial charge in [0.25, 0.3) is 5.89 Å². The van der Waals surface area contributed by atoms with Gasteiger partial charge < -0.3 is 9.32 Å². The zero-order valence-electron chi connectivity index (χ0n) is 14.9. The first kappa shape index (κ1) is 17.0. The minimum atomic E-state index is -0.480. The van der Waals surface area contributed by atoms with Crippen molar-refractivity contribution in [1.82, 2.24) is 20.0 Å². The van der Waals surface area contributed by atoms with Gasteiger partial charge in [-0.25, -0.2) is 0 Å². The van der Waals surface area contributed by atoms with Crippen LogP contribution in [0, 0.1) is 12.8 Å². The highest BCUT2D eigenvalue weighted by atomic mass is 16.4. The number of carbonyl (C=O) groups excluding carboxylic acids is 2. The highest BCUT2D eigenvalue weighted by Crippen LogP contribution is 2.26. The average molecular weight is 366 g/mol. The van der Waals surface area contributed by atoms with Gasteiger partial charge in [-0.2, -0.15) is 5.10 Å². The molecule has 0 bridgehead atoms. The molecule has 1 aliphatic rings. The molecule has 3 heterocycles. The molecule has 1 saturated heterocycles. The SMILES string of the molecule is Cc1cc(-c2nnc(NC(=O)C3CC(=O)N(c4ccccc4)C3)o2)n(C)n1. The van der Waals surface area contributed by atoms with E-state index in [1.165, 1.54) is 0 Å². The van der Waals surface area contributed by atoms with Crippen LogP contribution in [0.3, 0.4) is 0 Å². The van der Waals surface area contributed by atoms with Gasteiger partial charge in [0.1, 0.15) is 5.69 Å². The molecule has 2 amide bonds. The molecule has 0 spiro atoms. The zero-order valence-corrected chi connectivity index (χ0v) is 14.9.